The number of hydrogen-bond acceptors (Lipinski definition) is 3. The summed E-state index contributed by atoms with van der Waals surface area (Å²) in [4.78, 5) is 20.0. The summed E-state index contributed by atoms with van der Waals surface area (Å²) in [5.41, 5.74) is 5.90. The number of carbonyl (C=O) groups is 1. The molecule has 1 atom stereocenters. The molecule has 5 heteroatoms. The minimum Gasteiger partial charge on any atom is -0.385 e. The monoisotopic (exact) mass is 249 g/mol. The van der Waals surface area contributed by atoms with Gasteiger partial charge in [-0.1, -0.05) is 6.92 Å². The van der Waals surface area contributed by atoms with Gasteiger partial charge in [-0.3, -0.25) is 0 Å². The molecule has 0 bridgehead atoms. The maximum absolute atomic E-state index is 11.8. The number of aryl methyl sites for hydroxylation is 1. The minimum atomic E-state index is -0.165. The van der Waals surface area contributed by atoms with E-state index in [1.807, 2.05) is 4.90 Å². The lowest BCUT2D eigenvalue weighted by Crippen LogP contribution is -2.34. The summed E-state index contributed by atoms with van der Waals surface area (Å²) < 4.78 is 0. The fourth-order valence-corrected chi connectivity index (χ4v) is 3.28. The molecular formula is C12H15N3OS. The Morgan fingerprint density at radius 2 is 2.29 bits per heavy atom. The van der Waals surface area contributed by atoms with Gasteiger partial charge in [-0.05, 0) is 31.4 Å². The SMILES string of the molecule is CCc1ccc(C2C(N)=NC(=O)N2C2CC2)s1. The van der Waals surface area contributed by atoms with Gasteiger partial charge in [0.2, 0.25) is 0 Å². The lowest BCUT2D eigenvalue weighted by atomic mass is 10.2. The van der Waals surface area contributed by atoms with Crippen LogP contribution in [0.3, 0.4) is 0 Å². The summed E-state index contributed by atoms with van der Waals surface area (Å²) in [5.74, 6) is 0.450. The van der Waals surface area contributed by atoms with Gasteiger partial charge in [0.1, 0.15) is 11.9 Å². The molecule has 1 aromatic heterocycles. The average molecular weight is 249 g/mol. The number of rotatable bonds is 3. The van der Waals surface area contributed by atoms with Gasteiger partial charge in [0, 0.05) is 15.8 Å². The first-order chi connectivity index (χ1) is 8.20. The number of thiophene rings is 1. The van der Waals surface area contributed by atoms with Crippen LogP contribution in [0.1, 0.15) is 35.6 Å². The van der Waals surface area contributed by atoms with E-state index >= 15 is 0 Å². The van der Waals surface area contributed by atoms with Crippen molar-refractivity contribution in [3.8, 4) is 0 Å². The number of carbonyl (C=O) groups excluding carboxylic acids is 1. The van der Waals surface area contributed by atoms with Gasteiger partial charge in [-0.15, -0.1) is 11.3 Å². The van der Waals surface area contributed by atoms with Gasteiger partial charge in [-0.2, -0.15) is 4.99 Å². The average Bonchev–Trinajstić information content (AvgIpc) is 2.94. The summed E-state index contributed by atoms with van der Waals surface area (Å²) in [6.45, 7) is 2.13. The molecule has 2 heterocycles. The first kappa shape index (κ1) is 10.8. The number of nitrogens with zero attached hydrogens (tertiary/aromatic N) is 2. The molecule has 1 aliphatic carbocycles. The van der Waals surface area contributed by atoms with Crippen molar-refractivity contribution in [2.45, 2.75) is 38.3 Å². The van der Waals surface area contributed by atoms with Crippen LogP contribution in [0, 0.1) is 0 Å². The molecule has 90 valence electrons. The smallest absolute Gasteiger partial charge is 0.346 e. The molecule has 3 rings (SSSR count). The lowest BCUT2D eigenvalue weighted by Gasteiger charge is -2.22. The van der Waals surface area contributed by atoms with E-state index in [9.17, 15) is 4.79 Å². The zero-order valence-corrected chi connectivity index (χ0v) is 10.5. The molecule has 1 aromatic rings. The lowest BCUT2D eigenvalue weighted by molar-refractivity contribution is 0.204. The summed E-state index contributed by atoms with van der Waals surface area (Å²) in [7, 11) is 0. The van der Waals surface area contributed by atoms with Crippen LogP contribution in [0.5, 0.6) is 0 Å². The predicted molar refractivity (Wildman–Crippen MR) is 68.3 cm³/mol. The normalized spacial score (nSPS) is 24.3. The highest BCUT2D eigenvalue weighted by molar-refractivity contribution is 7.12. The maximum Gasteiger partial charge on any atom is 0.346 e. The quantitative estimate of drug-likeness (QED) is 0.893. The third-order valence-corrected chi connectivity index (χ3v) is 4.53. The van der Waals surface area contributed by atoms with E-state index in [0.29, 0.717) is 11.9 Å². The van der Waals surface area contributed by atoms with Gasteiger partial charge in [-0.25, -0.2) is 4.79 Å². The molecule has 1 aliphatic heterocycles. The number of amidine groups is 1. The predicted octanol–water partition coefficient (Wildman–Crippen LogP) is 2.31. The number of amides is 2. The molecule has 1 saturated carbocycles. The molecule has 0 spiro atoms. The maximum atomic E-state index is 11.8. The molecule has 4 nitrogen and oxygen atoms in total. The standard InChI is InChI=1S/C12H15N3OS/c1-2-8-5-6-9(17-8)10-11(13)14-12(16)15(10)7-3-4-7/h5-7,10H,2-4H2,1H3,(H2,13,14,16). The van der Waals surface area contributed by atoms with Crippen LogP contribution in [0.4, 0.5) is 4.79 Å². The Kier molecular flexibility index (Phi) is 2.43. The van der Waals surface area contributed by atoms with Crippen LogP contribution in [0.15, 0.2) is 17.1 Å². The van der Waals surface area contributed by atoms with Crippen molar-refractivity contribution < 1.29 is 4.79 Å². The first-order valence-corrected chi connectivity index (χ1v) is 6.77. The molecule has 2 aliphatic rings. The van der Waals surface area contributed by atoms with E-state index in [2.05, 4.69) is 24.0 Å². The van der Waals surface area contributed by atoms with Crippen LogP contribution < -0.4 is 5.73 Å². The van der Waals surface area contributed by atoms with Crippen molar-refractivity contribution in [3.63, 3.8) is 0 Å². The van der Waals surface area contributed by atoms with Crippen LogP contribution in [0.25, 0.3) is 0 Å². The van der Waals surface area contributed by atoms with Crippen molar-refractivity contribution in [3.05, 3.63) is 21.9 Å². The van der Waals surface area contributed by atoms with E-state index in [-0.39, 0.29) is 12.1 Å². The van der Waals surface area contributed by atoms with Crippen LogP contribution in [-0.2, 0) is 6.42 Å². The fourth-order valence-electron chi connectivity index (χ4n) is 2.22. The molecule has 17 heavy (non-hydrogen) atoms. The van der Waals surface area contributed by atoms with Crippen LogP contribution in [-0.4, -0.2) is 22.8 Å². The van der Waals surface area contributed by atoms with Crippen molar-refractivity contribution in [1.29, 1.82) is 0 Å². The summed E-state index contributed by atoms with van der Waals surface area (Å²) >= 11 is 1.73. The van der Waals surface area contributed by atoms with Crippen LogP contribution >= 0.6 is 11.3 Å². The Labute approximate surface area is 104 Å². The third-order valence-electron chi connectivity index (χ3n) is 3.24. The molecule has 0 saturated heterocycles. The van der Waals surface area contributed by atoms with Gasteiger partial charge < -0.3 is 10.6 Å². The van der Waals surface area contributed by atoms with Gasteiger partial charge >= 0.3 is 6.03 Å². The zero-order valence-electron chi connectivity index (χ0n) is 9.72. The van der Waals surface area contributed by atoms with E-state index in [4.69, 9.17) is 5.73 Å². The van der Waals surface area contributed by atoms with Crippen molar-refractivity contribution >= 4 is 23.2 Å². The van der Waals surface area contributed by atoms with Crippen LogP contribution in [0.2, 0.25) is 0 Å². The number of aliphatic imine (C=N–C) groups is 1. The van der Waals surface area contributed by atoms with E-state index in [1.54, 1.807) is 11.3 Å². The second kappa shape index (κ2) is 3.84. The Morgan fingerprint density at radius 3 is 2.88 bits per heavy atom. The van der Waals surface area contributed by atoms with Gasteiger partial charge in [0.15, 0.2) is 0 Å². The second-order valence-electron chi connectivity index (χ2n) is 4.52. The topological polar surface area (TPSA) is 58.7 Å². The van der Waals surface area contributed by atoms with Crippen molar-refractivity contribution in [2.24, 2.45) is 10.7 Å². The van der Waals surface area contributed by atoms with Crippen molar-refractivity contribution in [1.82, 2.24) is 4.90 Å². The van der Waals surface area contributed by atoms with E-state index in [1.165, 1.54) is 4.88 Å². The number of hydrogen-bond donors (Lipinski definition) is 1. The van der Waals surface area contributed by atoms with E-state index < -0.39 is 0 Å². The Bertz CT molecular complexity index is 490. The molecule has 0 aromatic carbocycles. The Hall–Kier alpha value is -1.36. The molecule has 1 fully saturated rings. The van der Waals surface area contributed by atoms with E-state index in [0.717, 1.165) is 24.1 Å². The van der Waals surface area contributed by atoms with Crippen molar-refractivity contribution in [2.75, 3.05) is 0 Å². The highest BCUT2D eigenvalue weighted by Gasteiger charge is 2.44. The molecule has 2 amide bonds. The Balaban J connectivity index is 1.93. The molecule has 0 radical (unpaired) electrons. The first-order valence-electron chi connectivity index (χ1n) is 5.95. The second-order valence-corrected chi connectivity index (χ2v) is 5.72. The molecular weight excluding hydrogens is 234 g/mol. The highest BCUT2D eigenvalue weighted by atomic mass is 32.1. The molecule has 2 N–H and O–H groups in total. The minimum absolute atomic E-state index is 0.111. The molecule has 1 unspecified atom stereocenters. The van der Waals surface area contributed by atoms with Gasteiger partial charge in [0.05, 0.1) is 0 Å². The fraction of sp³-hybridized carbons (Fsp3) is 0.500. The summed E-state index contributed by atoms with van der Waals surface area (Å²) in [6.07, 6.45) is 3.18. The zero-order chi connectivity index (χ0) is 12.0. The summed E-state index contributed by atoms with van der Waals surface area (Å²) in [5, 5.41) is 0. The number of nitrogens with two attached hydrogens (primary N) is 1. The third kappa shape index (κ3) is 1.74. The summed E-state index contributed by atoms with van der Waals surface area (Å²) in [6, 6.07) is 4.26. The Morgan fingerprint density at radius 1 is 1.53 bits per heavy atom. The largest absolute Gasteiger partial charge is 0.385 e. The van der Waals surface area contributed by atoms with Gasteiger partial charge in [0.25, 0.3) is 0 Å². The number of urea groups is 1. The highest BCUT2D eigenvalue weighted by Crippen LogP contribution is 2.40.